The average molecular weight is 562 g/mol. The second kappa shape index (κ2) is 10.6. The Morgan fingerprint density at radius 2 is 1.82 bits per heavy atom. The molecule has 2 aliphatic rings. The van der Waals surface area contributed by atoms with Crippen LogP contribution < -0.4 is 29.3 Å². The van der Waals surface area contributed by atoms with Gasteiger partial charge in [0.25, 0.3) is 11.5 Å². The number of allylic oxidation sites excluding steroid dienone is 1. The van der Waals surface area contributed by atoms with E-state index < -0.39 is 23.5 Å². The van der Waals surface area contributed by atoms with Crippen LogP contribution in [0.15, 0.2) is 63.5 Å². The SMILES string of the molecule is CCOC(=O)C1=C(C)N=c2s/c(=C3\C(=O)N(CC)c4ccccc43)c(=O)n2C1c1ccc(OC(C)=O)c(OC)c1. The molecular formula is C29H27N3O7S. The number of hydrogen-bond acceptors (Lipinski definition) is 9. The number of nitrogens with zero attached hydrogens (tertiary/aromatic N) is 3. The molecule has 0 radical (unpaired) electrons. The zero-order valence-electron chi connectivity index (χ0n) is 22.6. The number of esters is 2. The number of likely N-dealkylation sites (N-methyl/N-ethyl adjacent to an activating group) is 1. The number of benzene rings is 2. The number of ether oxygens (including phenoxy) is 3. The highest BCUT2D eigenvalue weighted by molar-refractivity contribution is 7.07. The first-order valence-electron chi connectivity index (χ1n) is 12.7. The minimum Gasteiger partial charge on any atom is -0.493 e. The highest BCUT2D eigenvalue weighted by Gasteiger charge is 2.37. The highest BCUT2D eigenvalue weighted by atomic mass is 32.1. The first-order valence-corrected chi connectivity index (χ1v) is 13.5. The Hall–Kier alpha value is -4.51. The molecule has 206 valence electrons. The zero-order chi connectivity index (χ0) is 28.7. The van der Waals surface area contributed by atoms with Gasteiger partial charge in [0.1, 0.15) is 4.53 Å². The summed E-state index contributed by atoms with van der Waals surface area (Å²) < 4.78 is 17.7. The maximum atomic E-state index is 14.2. The number of thiazole rings is 1. The van der Waals surface area contributed by atoms with Crippen LogP contribution in [-0.2, 0) is 19.1 Å². The van der Waals surface area contributed by atoms with Crippen molar-refractivity contribution in [2.24, 2.45) is 4.99 Å². The lowest BCUT2D eigenvalue weighted by atomic mass is 9.95. The van der Waals surface area contributed by atoms with Gasteiger partial charge in [0.2, 0.25) is 0 Å². The normalized spacial score (nSPS) is 17.3. The number of carbonyl (C=O) groups excluding carboxylic acids is 3. The van der Waals surface area contributed by atoms with Crippen molar-refractivity contribution in [1.29, 1.82) is 0 Å². The van der Waals surface area contributed by atoms with E-state index in [1.807, 2.05) is 31.2 Å². The lowest BCUT2D eigenvalue weighted by molar-refractivity contribution is -0.139. The minimum atomic E-state index is -0.932. The molecule has 1 atom stereocenters. The molecule has 2 aliphatic heterocycles. The molecule has 0 N–H and O–H groups in total. The average Bonchev–Trinajstić information content (AvgIpc) is 3.39. The lowest BCUT2D eigenvalue weighted by Gasteiger charge is -2.25. The molecule has 40 heavy (non-hydrogen) atoms. The number of methoxy groups -OCH3 is 1. The molecular weight excluding hydrogens is 534 g/mol. The van der Waals surface area contributed by atoms with Crippen LogP contribution in [0.2, 0.25) is 0 Å². The summed E-state index contributed by atoms with van der Waals surface area (Å²) in [7, 11) is 1.43. The molecule has 11 heteroatoms. The van der Waals surface area contributed by atoms with Crippen LogP contribution in [-0.4, -0.2) is 42.7 Å². The zero-order valence-corrected chi connectivity index (χ0v) is 23.5. The van der Waals surface area contributed by atoms with Gasteiger partial charge in [0.15, 0.2) is 16.3 Å². The topological polar surface area (TPSA) is 117 Å². The first kappa shape index (κ1) is 27.1. The van der Waals surface area contributed by atoms with Gasteiger partial charge in [0.05, 0.1) is 42.3 Å². The summed E-state index contributed by atoms with van der Waals surface area (Å²) in [5.41, 5.74) is 2.34. The Morgan fingerprint density at radius 1 is 1.07 bits per heavy atom. The number of rotatable bonds is 6. The Kier molecular flexibility index (Phi) is 7.16. The van der Waals surface area contributed by atoms with Crippen LogP contribution in [0.5, 0.6) is 11.5 Å². The van der Waals surface area contributed by atoms with E-state index in [1.54, 1.807) is 36.9 Å². The van der Waals surface area contributed by atoms with Crippen molar-refractivity contribution in [3.8, 4) is 11.5 Å². The summed E-state index contributed by atoms with van der Waals surface area (Å²) >= 11 is 1.10. The van der Waals surface area contributed by atoms with Gasteiger partial charge in [-0.05, 0) is 44.5 Å². The summed E-state index contributed by atoms with van der Waals surface area (Å²) in [6.07, 6.45) is 0. The number of para-hydroxylation sites is 1. The third-order valence-electron chi connectivity index (χ3n) is 6.72. The number of aromatic nitrogens is 1. The van der Waals surface area contributed by atoms with E-state index in [-0.39, 0.29) is 34.1 Å². The molecule has 1 amide bonds. The number of hydrogen-bond donors (Lipinski definition) is 0. The monoisotopic (exact) mass is 561 g/mol. The van der Waals surface area contributed by atoms with Crippen molar-refractivity contribution in [2.75, 3.05) is 25.2 Å². The van der Waals surface area contributed by atoms with E-state index in [0.29, 0.717) is 33.7 Å². The van der Waals surface area contributed by atoms with Crippen LogP contribution in [0.25, 0.3) is 5.57 Å². The number of carbonyl (C=O) groups is 3. The number of anilines is 1. The van der Waals surface area contributed by atoms with Crippen molar-refractivity contribution in [2.45, 2.75) is 33.7 Å². The van der Waals surface area contributed by atoms with Crippen molar-refractivity contribution in [3.05, 3.63) is 84.5 Å². The van der Waals surface area contributed by atoms with Gasteiger partial charge in [-0.25, -0.2) is 9.79 Å². The molecule has 2 aromatic carbocycles. The van der Waals surface area contributed by atoms with Crippen LogP contribution in [0.1, 0.15) is 44.9 Å². The van der Waals surface area contributed by atoms with Gasteiger partial charge in [0, 0.05) is 19.0 Å². The quantitative estimate of drug-likeness (QED) is 0.335. The Labute approximate surface area is 233 Å². The molecule has 3 heterocycles. The van der Waals surface area contributed by atoms with E-state index in [1.165, 1.54) is 18.6 Å². The molecule has 5 rings (SSSR count). The van der Waals surface area contributed by atoms with E-state index in [4.69, 9.17) is 14.2 Å². The molecule has 0 fully saturated rings. The van der Waals surface area contributed by atoms with E-state index in [2.05, 4.69) is 4.99 Å². The third kappa shape index (κ3) is 4.32. The molecule has 10 nitrogen and oxygen atoms in total. The fraction of sp³-hybridized carbons (Fsp3) is 0.276. The highest BCUT2D eigenvalue weighted by Crippen LogP contribution is 2.37. The predicted molar refractivity (Wildman–Crippen MR) is 148 cm³/mol. The lowest BCUT2D eigenvalue weighted by Crippen LogP contribution is -2.41. The second-order valence-corrected chi connectivity index (χ2v) is 10.0. The molecule has 0 bridgehead atoms. The number of fused-ring (bicyclic) bond motifs is 2. The fourth-order valence-corrected chi connectivity index (χ4v) is 6.20. The standard InChI is InChI=1S/C29H27N3O7S/c1-6-31-19-11-9-8-10-18(19)23(26(31)34)25-27(35)32-24(17-12-13-20(39-16(4)33)21(14-17)37-5)22(28(36)38-7-2)15(3)30-29(32)40-25/h8-14,24H,6-7H2,1-5H3/b25-23-. The summed E-state index contributed by atoms with van der Waals surface area (Å²) in [5.74, 6) is -0.965. The Balaban J connectivity index is 1.80. The molecule has 0 aliphatic carbocycles. The minimum absolute atomic E-state index is 0.129. The van der Waals surface area contributed by atoms with Crippen molar-refractivity contribution < 1.29 is 28.6 Å². The Bertz CT molecular complexity index is 1780. The van der Waals surface area contributed by atoms with Crippen LogP contribution in [0, 0.1) is 0 Å². The van der Waals surface area contributed by atoms with Crippen LogP contribution >= 0.6 is 11.3 Å². The van der Waals surface area contributed by atoms with Crippen LogP contribution in [0.4, 0.5) is 5.69 Å². The van der Waals surface area contributed by atoms with Gasteiger partial charge in [-0.1, -0.05) is 35.6 Å². The maximum absolute atomic E-state index is 14.2. The molecule has 1 unspecified atom stereocenters. The third-order valence-corrected chi connectivity index (χ3v) is 7.77. The fourth-order valence-electron chi connectivity index (χ4n) is 5.06. The van der Waals surface area contributed by atoms with Crippen molar-refractivity contribution >= 4 is 40.4 Å². The summed E-state index contributed by atoms with van der Waals surface area (Å²) in [6.45, 7) is 7.10. The largest absolute Gasteiger partial charge is 0.493 e. The molecule has 0 saturated carbocycles. The molecule has 3 aromatic rings. The van der Waals surface area contributed by atoms with Crippen molar-refractivity contribution in [1.82, 2.24) is 4.57 Å². The Morgan fingerprint density at radius 3 is 2.50 bits per heavy atom. The summed E-state index contributed by atoms with van der Waals surface area (Å²) in [5, 5.41) is 0. The molecule has 1 aromatic heterocycles. The summed E-state index contributed by atoms with van der Waals surface area (Å²) in [4.78, 5) is 59.1. The second-order valence-electron chi connectivity index (χ2n) is 9.07. The van der Waals surface area contributed by atoms with E-state index in [9.17, 15) is 19.2 Å². The molecule has 0 spiro atoms. The molecule has 0 saturated heterocycles. The van der Waals surface area contributed by atoms with Crippen LogP contribution in [0.3, 0.4) is 0 Å². The van der Waals surface area contributed by atoms with Gasteiger partial charge in [-0.3, -0.25) is 19.0 Å². The smallest absolute Gasteiger partial charge is 0.338 e. The van der Waals surface area contributed by atoms with Gasteiger partial charge >= 0.3 is 11.9 Å². The van der Waals surface area contributed by atoms with Crippen molar-refractivity contribution in [3.63, 3.8) is 0 Å². The van der Waals surface area contributed by atoms with E-state index >= 15 is 0 Å². The predicted octanol–water partition coefficient (Wildman–Crippen LogP) is 2.47. The number of amides is 1. The van der Waals surface area contributed by atoms with Gasteiger partial charge in [-0.2, -0.15) is 0 Å². The summed E-state index contributed by atoms with van der Waals surface area (Å²) in [6, 6.07) is 11.2. The van der Waals surface area contributed by atoms with Gasteiger partial charge in [-0.15, -0.1) is 0 Å². The van der Waals surface area contributed by atoms with Gasteiger partial charge < -0.3 is 19.1 Å². The van der Waals surface area contributed by atoms with E-state index in [0.717, 1.165) is 17.0 Å². The maximum Gasteiger partial charge on any atom is 0.338 e. The first-order chi connectivity index (χ1) is 19.2.